The summed E-state index contributed by atoms with van der Waals surface area (Å²) in [6.45, 7) is 0. The van der Waals surface area contributed by atoms with Gasteiger partial charge in [0.15, 0.2) is 9.84 Å². The Bertz CT molecular complexity index is 1240. The third-order valence-corrected chi connectivity index (χ3v) is 7.60. The first-order valence-electron chi connectivity index (χ1n) is 7.86. The number of rotatable bonds is 4. The Morgan fingerprint density at radius 1 is 1.08 bits per heavy atom. The second-order valence-electron chi connectivity index (χ2n) is 6.36. The van der Waals surface area contributed by atoms with Gasteiger partial charge in [0.25, 0.3) is 0 Å². The molecule has 1 fully saturated rings. The normalized spacial score (nSPS) is 15.4. The van der Waals surface area contributed by atoms with E-state index in [1.54, 1.807) is 18.2 Å². The van der Waals surface area contributed by atoms with Crippen LogP contribution in [0.25, 0.3) is 22.2 Å². The second kappa shape index (κ2) is 5.52. The first-order valence-corrected chi connectivity index (χ1v) is 11.3. The minimum Gasteiger partial charge on any atom is -0.368 e. The molecule has 1 aliphatic carbocycles. The largest absolute Gasteiger partial charge is 0.368 e. The molecule has 0 aliphatic heterocycles. The first-order chi connectivity index (χ1) is 12.2. The average molecular weight is 392 g/mol. The number of nitrogens with two attached hydrogens (primary N) is 1. The number of fused-ring (bicyclic) bond motifs is 1. The van der Waals surface area contributed by atoms with E-state index in [1.807, 2.05) is 0 Å². The zero-order chi connectivity index (χ0) is 18.7. The second-order valence-corrected chi connectivity index (χ2v) is 10.4. The smallest absolute Gasteiger partial charge is 0.244 e. The third kappa shape index (κ3) is 2.74. The van der Waals surface area contributed by atoms with Gasteiger partial charge in [-0.1, -0.05) is 6.07 Å². The summed E-state index contributed by atoms with van der Waals surface area (Å²) in [5, 5.41) is -0.430. The predicted octanol–water partition coefficient (Wildman–Crippen LogP) is 1.42. The molecular weight excluding hydrogens is 376 g/mol. The van der Waals surface area contributed by atoms with Crippen molar-refractivity contribution in [2.75, 3.05) is 12.0 Å². The number of hydrogen-bond acceptors (Lipinski definition) is 7. The highest BCUT2D eigenvalue weighted by molar-refractivity contribution is 7.91. The van der Waals surface area contributed by atoms with Gasteiger partial charge < -0.3 is 5.73 Å². The quantitative estimate of drug-likeness (QED) is 0.712. The van der Waals surface area contributed by atoms with E-state index in [-0.39, 0.29) is 10.8 Å². The van der Waals surface area contributed by atoms with Gasteiger partial charge in [0.1, 0.15) is 0 Å². The third-order valence-electron chi connectivity index (χ3n) is 4.31. The molecule has 1 saturated carbocycles. The molecule has 3 aromatic rings. The number of hydrogen-bond donors (Lipinski definition) is 1. The molecule has 2 aromatic heterocycles. The molecule has 2 N–H and O–H groups in total. The fourth-order valence-corrected chi connectivity index (χ4v) is 5.16. The standard InChI is InChI=1S/C16H16N4O4S2/c1-25(21,22)13-6-11(8-18-9-13)10-2-5-14-15(7-10)20(16(17)19-14)26(23,24)12-3-4-12/h2,5-9,12H,3-4H2,1H3,(H2,17,19). The summed E-state index contributed by atoms with van der Waals surface area (Å²) in [5.41, 5.74) is 7.88. The molecule has 0 unspecified atom stereocenters. The highest BCUT2D eigenvalue weighted by Crippen LogP contribution is 2.34. The zero-order valence-electron chi connectivity index (χ0n) is 13.8. The number of pyridine rings is 1. The molecule has 8 nitrogen and oxygen atoms in total. The molecule has 26 heavy (non-hydrogen) atoms. The minimum atomic E-state index is -3.59. The van der Waals surface area contributed by atoms with Gasteiger partial charge in [0, 0.05) is 24.2 Å². The van der Waals surface area contributed by atoms with Crippen LogP contribution >= 0.6 is 0 Å². The van der Waals surface area contributed by atoms with Crippen LogP contribution in [0.1, 0.15) is 12.8 Å². The Balaban J connectivity index is 1.91. The Morgan fingerprint density at radius 2 is 1.81 bits per heavy atom. The molecule has 0 radical (unpaired) electrons. The maximum atomic E-state index is 12.7. The van der Waals surface area contributed by atoms with Gasteiger partial charge in [-0.15, -0.1) is 0 Å². The fourth-order valence-electron chi connectivity index (χ4n) is 2.81. The van der Waals surface area contributed by atoms with Crippen LogP contribution in [-0.2, 0) is 19.9 Å². The molecular formula is C16H16N4O4S2. The average Bonchev–Trinajstić information content (AvgIpc) is 3.37. The van der Waals surface area contributed by atoms with Crippen LogP contribution in [0.2, 0.25) is 0 Å². The first kappa shape index (κ1) is 17.0. The summed E-state index contributed by atoms with van der Waals surface area (Å²) >= 11 is 0. The van der Waals surface area contributed by atoms with Gasteiger partial charge >= 0.3 is 0 Å². The maximum Gasteiger partial charge on any atom is 0.244 e. The number of anilines is 1. The van der Waals surface area contributed by atoms with Crippen molar-refractivity contribution in [2.24, 2.45) is 0 Å². The highest BCUT2D eigenvalue weighted by atomic mass is 32.2. The van der Waals surface area contributed by atoms with Crippen LogP contribution in [0.5, 0.6) is 0 Å². The molecule has 1 aromatic carbocycles. The molecule has 1 aliphatic rings. The summed E-state index contributed by atoms with van der Waals surface area (Å²) < 4.78 is 49.9. The molecule has 0 bridgehead atoms. The molecule has 0 spiro atoms. The van der Waals surface area contributed by atoms with Crippen molar-refractivity contribution < 1.29 is 16.8 Å². The van der Waals surface area contributed by atoms with E-state index in [1.165, 1.54) is 18.5 Å². The Morgan fingerprint density at radius 3 is 2.46 bits per heavy atom. The lowest BCUT2D eigenvalue weighted by molar-refractivity contribution is 0.588. The number of nitrogens with zero attached hydrogens (tertiary/aromatic N) is 3. The molecule has 0 atom stereocenters. The van der Waals surface area contributed by atoms with E-state index in [0.717, 1.165) is 10.2 Å². The van der Waals surface area contributed by atoms with Gasteiger partial charge in [0.05, 0.1) is 21.2 Å². The van der Waals surface area contributed by atoms with Crippen LogP contribution in [0.15, 0.2) is 41.6 Å². The summed E-state index contributed by atoms with van der Waals surface area (Å²) in [7, 11) is -6.99. The summed E-state index contributed by atoms with van der Waals surface area (Å²) in [6, 6.07) is 6.53. The van der Waals surface area contributed by atoms with Crippen molar-refractivity contribution in [1.29, 1.82) is 0 Å². The van der Waals surface area contributed by atoms with Crippen molar-refractivity contribution in [1.82, 2.24) is 13.9 Å². The number of imidazole rings is 1. The van der Waals surface area contributed by atoms with E-state index in [4.69, 9.17) is 5.73 Å². The molecule has 2 heterocycles. The minimum absolute atomic E-state index is 0.0768. The van der Waals surface area contributed by atoms with E-state index in [9.17, 15) is 16.8 Å². The topological polar surface area (TPSA) is 125 Å². The lowest BCUT2D eigenvalue weighted by atomic mass is 10.1. The van der Waals surface area contributed by atoms with Gasteiger partial charge in [0.2, 0.25) is 16.0 Å². The van der Waals surface area contributed by atoms with Gasteiger partial charge in [-0.05, 0) is 36.6 Å². The Kier molecular flexibility index (Phi) is 3.60. The van der Waals surface area contributed by atoms with Gasteiger partial charge in [-0.2, -0.15) is 0 Å². The van der Waals surface area contributed by atoms with E-state index in [0.29, 0.717) is 35.0 Å². The van der Waals surface area contributed by atoms with E-state index in [2.05, 4.69) is 9.97 Å². The highest BCUT2D eigenvalue weighted by Gasteiger charge is 2.39. The van der Waals surface area contributed by atoms with Crippen LogP contribution in [0.4, 0.5) is 5.95 Å². The van der Waals surface area contributed by atoms with Crippen molar-refractivity contribution >= 4 is 36.8 Å². The summed E-state index contributed by atoms with van der Waals surface area (Å²) in [6.07, 6.45) is 5.13. The number of benzene rings is 1. The maximum absolute atomic E-state index is 12.7. The van der Waals surface area contributed by atoms with E-state index < -0.39 is 25.1 Å². The number of sulfone groups is 1. The summed E-state index contributed by atoms with van der Waals surface area (Å²) in [5.74, 6) is -0.0768. The SMILES string of the molecule is CS(=O)(=O)c1cncc(-c2ccc3nc(N)n(S(=O)(=O)C4CC4)c3c2)c1. The zero-order valence-corrected chi connectivity index (χ0v) is 15.5. The molecule has 136 valence electrons. The summed E-state index contributed by atoms with van der Waals surface area (Å²) in [4.78, 5) is 8.20. The van der Waals surface area contributed by atoms with Gasteiger partial charge in [-0.25, -0.2) is 25.8 Å². The number of nitrogen functional groups attached to an aromatic ring is 1. The van der Waals surface area contributed by atoms with E-state index >= 15 is 0 Å². The lowest BCUT2D eigenvalue weighted by Gasteiger charge is -2.08. The van der Waals surface area contributed by atoms with Crippen LogP contribution in [0.3, 0.4) is 0 Å². The molecule has 10 heteroatoms. The van der Waals surface area contributed by atoms with Gasteiger partial charge in [-0.3, -0.25) is 4.98 Å². The van der Waals surface area contributed by atoms with Crippen molar-refractivity contribution in [3.63, 3.8) is 0 Å². The van der Waals surface area contributed by atoms with Crippen molar-refractivity contribution in [3.8, 4) is 11.1 Å². The fraction of sp³-hybridized carbons (Fsp3) is 0.250. The van der Waals surface area contributed by atoms with Crippen LogP contribution < -0.4 is 5.73 Å². The molecule has 0 amide bonds. The predicted molar refractivity (Wildman–Crippen MR) is 97.8 cm³/mol. The van der Waals surface area contributed by atoms with Crippen molar-refractivity contribution in [2.45, 2.75) is 23.0 Å². The Hall–Kier alpha value is -2.46. The molecule has 0 saturated heterocycles. The number of aromatic nitrogens is 3. The molecule has 4 rings (SSSR count). The monoisotopic (exact) mass is 392 g/mol. The lowest BCUT2D eigenvalue weighted by Crippen LogP contribution is -2.19. The van der Waals surface area contributed by atoms with Crippen LogP contribution in [-0.4, -0.2) is 42.3 Å². The van der Waals surface area contributed by atoms with Crippen LogP contribution in [0, 0.1) is 0 Å². The van der Waals surface area contributed by atoms with Crippen molar-refractivity contribution in [3.05, 3.63) is 36.7 Å². The Labute approximate surface area is 150 Å².